The van der Waals surface area contributed by atoms with Crippen LogP contribution in [0.4, 0.5) is 24.8 Å². The summed E-state index contributed by atoms with van der Waals surface area (Å²) in [6.07, 6.45) is -2.52. The summed E-state index contributed by atoms with van der Waals surface area (Å²) in [6.45, 7) is 3.31. The zero-order valence-corrected chi connectivity index (χ0v) is 14.1. The highest BCUT2D eigenvalue weighted by Gasteiger charge is 2.64. The molecule has 1 unspecified atom stereocenters. The number of halogens is 4. The van der Waals surface area contributed by atoms with Crippen molar-refractivity contribution in [1.82, 2.24) is 4.98 Å². The Hall–Kier alpha value is -2.06. The lowest BCUT2D eigenvalue weighted by Crippen LogP contribution is -2.51. The summed E-state index contributed by atoms with van der Waals surface area (Å²) >= 11 is 5.89. The maximum Gasteiger partial charge on any atom is 0.426 e. The largest absolute Gasteiger partial charge is 0.711 e. The first-order valence-corrected chi connectivity index (χ1v) is 7.91. The Morgan fingerprint density at radius 2 is 2.12 bits per heavy atom. The predicted octanol–water partition coefficient (Wildman–Crippen LogP) is 3.90. The van der Waals surface area contributed by atoms with Gasteiger partial charge in [0, 0.05) is 0 Å². The highest BCUT2D eigenvalue weighted by atomic mass is 35.5. The Kier molecular flexibility index (Phi) is 4.28. The van der Waals surface area contributed by atoms with E-state index in [1.165, 1.54) is 18.3 Å². The molecule has 9 heteroatoms. The van der Waals surface area contributed by atoms with E-state index in [1.54, 1.807) is 13.8 Å². The molecule has 0 saturated carbocycles. The number of nitrogens with one attached hydrogen (secondary N) is 1. The molecule has 1 aliphatic heterocycles. The van der Waals surface area contributed by atoms with Gasteiger partial charge in [0.15, 0.2) is 0 Å². The predicted molar refractivity (Wildman–Crippen MR) is 85.6 cm³/mol. The minimum atomic E-state index is -4.84. The van der Waals surface area contributed by atoms with E-state index >= 15 is 0 Å². The Morgan fingerprint density at radius 1 is 1.40 bits per heavy atom. The van der Waals surface area contributed by atoms with Crippen molar-refractivity contribution in [2.75, 3.05) is 11.9 Å². The zero-order chi connectivity index (χ0) is 18.4. The Morgan fingerprint density at radius 3 is 2.76 bits per heavy atom. The average molecular weight is 374 g/mol. The molecule has 3 rings (SSSR count). The normalized spacial score (nSPS) is 19.3. The van der Waals surface area contributed by atoms with Crippen molar-refractivity contribution in [3.05, 3.63) is 51.9 Å². The molecule has 0 aromatic carbocycles. The number of hydrogen-bond acceptors (Lipinski definition) is 4. The van der Waals surface area contributed by atoms with Crippen LogP contribution < -0.4 is 10.0 Å². The molecule has 0 spiro atoms. The molecule has 0 radical (unpaired) electrons. The minimum absolute atomic E-state index is 0.0386. The fraction of sp³-hybridized carbons (Fsp3) is 0.375. The van der Waals surface area contributed by atoms with Crippen LogP contribution in [0.3, 0.4) is 0 Å². The van der Waals surface area contributed by atoms with E-state index in [4.69, 9.17) is 16.3 Å². The highest BCUT2D eigenvalue weighted by molar-refractivity contribution is 6.30. The summed E-state index contributed by atoms with van der Waals surface area (Å²) in [5, 5.41) is 14.8. The van der Waals surface area contributed by atoms with Gasteiger partial charge in [-0.05, 0) is 24.1 Å². The minimum Gasteiger partial charge on any atom is -0.711 e. The van der Waals surface area contributed by atoms with Crippen LogP contribution >= 0.6 is 11.6 Å². The first-order valence-electron chi connectivity index (χ1n) is 7.53. The van der Waals surface area contributed by atoms with Gasteiger partial charge in [-0.3, -0.25) is 0 Å². The van der Waals surface area contributed by atoms with Crippen molar-refractivity contribution < 1.29 is 22.6 Å². The fourth-order valence-electron chi connectivity index (χ4n) is 2.80. The number of fused-ring (bicyclic) bond motifs is 2. The van der Waals surface area contributed by atoms with Gasteiger partial charge in [-0.15, -0.1) is 0 Å². The van der Waals surface area contributed by atoms with Crippen molar-refractivity contribution in [2.45, 2.75) is 25.6 Å². The number of aromatic nitrogens is 2. The van der Waals surface area contributed by atoms with Gasteiger partial charge in [0.1, 0.15) is 0 Å². The summed E-state index contributed by atoms with van der Waals surface area (Å²) in [5.41, 5.74) is -3.43. The molecule has 25 heavy (non-hydrogen) atoms. The second-order valence-electron chi connectivity index (χ2n) is 6.15. The van der Waals surface area contributed by atoms with Gasteiger partial charge in [-0.2, -0.15) is 13.2 Å². The van der Waals surface area contributed by atoms with E-state index < -0.39 is 11.8 Å². The molecule has 1 aliphatic rings. The quantitative estimate of drug-likeness (QED) is 0.654. The van der Waals surface area contributed by atoms with Gasteiger partial charge in [-0.25, -0.2) is 15.0 Å². The summed E-state index contributed by atoms with van der Waals surface area (Å²) in [6, 6.07) is 3.62. The molecular weight excluding hydrogens is 359 g/mol. The first-order chi connectivity index (χ1) is 11.7. The molecule has 0 aliphatic carbocycles. The molecule has 0 saturated heterocycles. The third-order valence-electron chi connectivity index (χ3n) is 3.84. The van der Waals surface area contributed by atoms with Crippen molar-refractivity contribution in [2.24, 2.45) is 5.92 Å². The number of pyridine rings is 2. The fourth-order valence-corrected chi connectivity index (χ4v) is 2.95. The number of nitrogens with zero attached hydrogens (tertiary/aromatic N) is 2. The molecule has 134 valence electrons. The summed E-state index contributed by atoms with van der Waals surface area (Å²) in [5.74, 6) is -0.545. The summed E-state index contributed by atoms with van der Waals surface area (Å²) < 4.78 is 48.8. The van der Waals surface area contributed by atoms with E-state index in [2.05, 4.69) is 10.3 Å². The average Bonchev–Trinajstić information content (AvgIpc) is 2.51. The maximum absolute atomic E-state index is 14.3. The molecule has 0 bridgehead atoms. The van der Waals surface area contributed by atoms with Crippen LogP contribution in [0.15, 0.2) is 30.6 Å². The summed E-state index contributed by atoms with van der Waals surface area (Å²) in [7, 11) is 0. The van der Waals surface area contributed by atoms with E-state index in [0.717, 1.165) is 12.3 Å². The van der Waals surface area contributed by atoms with E-state index in [1.807, 2.05) is 0 Å². The lowest BCUT2D eigenvalue weighted by Gasteiger charge is -2.39. The maximum atomic E-state index is 14.3. The van der Waals surface area contributed by atoms with E-state index in [-0.39, 0.29) is 40.3 Å². The van der Waals surface area contributed by atoms with Crippen LogP contribution in [0.2, 0.25) is 5.02 Å². The molecular formula is C16H15ClF3N3O2. The van der Waals surface area contributed by atoms with Crippen LogP contribution in [0.1, 0.15) is 25.0 Å². The van der Waals surface area contributed by atoms with Crippen LogP contribution in [0, 0.1) is 11.1 Å². The molecule has 1 N–H and O–H groups in total. The van der Waals surface area contributed by atoms with Gasteiger partial charge in [0.2, 0.25) is 11.4 Å². The number of anilines is 2. The molecule has 3 heterocycles. The third kappa shape index (κ3) is 2.79. The molecule has 1 atom stereocenters. The van der Waals surface area contributed by atoms with Gasteiger partial charge < -0.3 is 9.94 Å². The van der Waals surface area contributed by atoms with Crippen LogP contribution in [-0.4, -0.2) is 17.8 Å². The lowest BCUT2D eigenvalue weighted by molar-refractivity contribution is -0.591. The topological polar surface area (TPSA) is 61.1 Å². The standard InChI is InChI=1S/C16H15ClF3N3O2/c1-9(2)8-25-15(16(18,19)20)11-4-3-5-23(24)14(11)22-13-12(15)6-10(17)7-21-13/h3-7,9H,8H2,1-2H3,(H,21,22). The number of rotatable bonds is 3. The van der Waals surface area contributed by atoms with Gasteiger partial charge >= 0.3 is 6.18 Å². The number of ether oxygens (including phenoxy) is 1. The second-order valence-corrected chi connectivity index (χ2v) is 6.59. The highest BCUT2D eigenvalue weighted by Crippen LogP contribution is 2.54. The van der Waals surface area contributed by atoms with Gasteiger partial charge in [0.25, 0.3) is 5.82 Å². The molecule has 5 nitrogen and oxygen atoms in total. The smallest absolute Gasteiger partial charge is 0.426 e. The molecule has 0 fully saturated rings. The van der Waals surface area contributed by atoms with Gasteiger partial charge in [0.05, 0.1) is 35.2 Å². The first kappa shape index (κ1) is 17.8. The monoisotopic (exact) mass is 373 g/mol. The van der Waals surface area contributed by atoms with E-state index in [9.17, 15) is 18.4 Å². The van der Waals surface area contributed by atoms with Crippen LogP contribution in [-0.2, 0) is 10.3 Å². The Bertz CT molecular complexity index is 810. The molecule has 0 amide bonds. The van der Waals surface area contributed by atoms with Crippen molar-refractivity contribution in [3.8, 4) is 0 Å². The molecule has 2 aromatic heterocycles. The molecule has 2 aromatic rings. The van der Waals surface area contributed by atoms with Crippen molar-refractivity contribution in [3.63, 3.8) is 0 Å². The number of hydrogen-bond donors (Lipinski definition) is 1. The third-order valence-corrected chi connectivity index (χ3v) is 4.05. The second kappa shape index (κ2) is 6.03. The summed E-state index contributed by atoms with van der Waals surface area (Å²) in [4.78, 5) is 3.92. The van der Waals surface area contributed by atoms with Crippen LogP contribution in [0.5, 0.6) is 0 Å². The Labute approximate surface area is 147 Å². The Balaban J connectivity index is 2.35. The zero-order valence-electron chi connectivity index (χ0n) is 13.4. The lowest BCUT2D eigenvalue weighted by atomic mass is 9.83. The van der Waals surface area contributed by atoms with Gasteiger partial charge in [-0.1, -0.05) is 25.4 Å². The SMILES string of the molecule is CC(C)COC1(C(F)(F)F)c2cc(Cl)cnc2Nc2c1ccc[n+]2[O-]. The van der Waals surface area contributed by atoms with Crippen molar-refractivity contribution in [1.29, 1.82) is 0 Å². The van der Waals surface area contributed by atoms with Crippen LogP contribution in [0.25, 0.3) is 0 Å². The van der Waals surface area contributed by atoms with E-state index in [0.29, 0.717) is 4.73 Å². The van der Waals surface area contributed by atoms with Crippen molar-refractivity contribution >= 4 is 23.2 Å². The number of alkyl halides is 3.